The lowest BCUT2D eigenvalue weighted by Gasteiger charge is -2.19. The van der Waals surface area contributed by atoms with E-state index in [4.69, 9.17) is 0 Å². The summed E-state index contributed by atoms with van der Waals surface area (Å²) in [7, 11) is 0. The second-order valence-corrected chi connectivity index (χ2v) is 10.4. The normalized spacial score (nSPS) is 20.9. The molecule has 198 valence electrons. The van der Waals surface area contributed by atoms with E-state index in [9.17, 15) is 24.6 Å². The Labute approximate surface area is 217 Å². The fourth-order valence-electron chi connectivity index (χ4n) is 5.64. The minimum atomic E-state index is -0.770. The third kappa shape index (κ3) is 7.63. The summed E-state index contributed by atoms with van der Waals surface area (Å²) in [6.07, 6.45) is 2.90. The Morgan fingerprint density at radius 3 is 1.76 bits per heavy atom. The highest BCUT2D eigenvalue weighted by molar-refractivity contribution is 5.78. The maximum absolute atomic E-state index is 12.7. The molecule has 2 aliphatic heterocycles. The number of carboxylic acid groups (broad SMARTS) is 2. The van der Waals surface area contributed by atoms with Crippen LogP contribution in [0.15, 0.2) is 48.5 Å². The van der Waals surface area contributed by atoms with Gasteiger partial charge in [0.25, 0.3) is 0 Å². The van der Waals surface area contributed by atoms with E-state index < -0.39 is 23.8 Å². The van der Waals surface area contributed by atoms with Crippen LogP contribution in [-0.4, -0.2) is 54.2 Å². The maximum atomic E-state index is 12.7. The molecule has 0 saturated carbocycles. The van der Waals surface area contributed by atoms with Gasteiger partial charge in [-0.3, -0.25) is 14.4 Å². The zero-order chi connectivity index (χ0) is 26.2. The number of benzene rings is 2. The highest BCUT2D eigenvalue weighted by Crippen LogP contribution is 2.25. The van der Waals surface area contributed by atoms with Crippen molar-refractivity contribution < 1.29 is 24.6 Å². The molecule has 1 amide bonds. The SMILES string of the molecule is O=C(Cc1cccc(C[C@@H](C(=O)O)[C@@H]2CCNC2)c1)NCc1cccc(C[C@H](C(=O)O)[C@H]2CCNC2)c1. The molecule has 5 N–H and O–H groups in total. The number of hydrogen-bond donors (Lipinski definition) is 5. The van der Waals surface area contributed by atoms with Gasteiger partial charge in [-0.25, -0.2) is 0 Å². The molecule has 2 heterocycles. The van der Waals surface area contributed by atoms with Gasteiger partial charge in [-0.05, 0) is 86.0 Å². The molecule has 2 aromatic carbocycles. The first-order valence-corrected chi connectivity index (χ1v) is 13.2. The van der Waals surface area contributed by atoms with Gasteiger partial charge in [0, 0.05) is 6.54 Å². The average molecular weight is 508 g/mol. The van der Waals surface area contributed by atoms with Crippen molar-refractivity contribution in [1.82, 2.24) is 16.0 Å². The van der Waals surface area contributed by atoms with Crippen LogP contribution >= 0.6 is 0 Å². The fourth-order valence-corrected chi connectivity index (χ4v) is 5.64. The third-order valence-corrected chi connectivity index (χ3v) is 7.72. The van der Waals surface area contributed by atoms with Crippen molar-refractivity contribution in [2.45, 2.75) is 38.6 Å². The number of aliphatic carboxylic acids is 2. The summed E-state index contributed by atoms with van der Waals surface area (Å²) in [6, 6.07) is 15.4. The van der Waals surface area contributed by atoms with E-state index in [1.165, 1.54) is 0 Å². The molecule has 8 nitrogen and oxygen atoms in total. The molecule has 0 bridgehead atoms. The Bertz CT molecular complexity index is 1090. The van der Waals surface area contributed by atoms with E-state index in [1.54, 1.807) is 0 Å². The summed E-state index contributed by atoms with van der Waals surface area (Å²) in [6.45, 7) is 3.56. The Kier molecular flexibility index (Phi) is 9.30. The maximum Gasteiger partial charge on any atom is 0.307 e. The number of carbonyl (C=O) groups excluding carboxylic acids is 1. The fraction of sp³-hybridized carbons (Fsp3) is 0.483. The monoisotopic (exact) mass is 507 g/mol. The van der Waals surface area contributed by atoms with Crippen LogP contribution in [0.25, 0.3) is 0 Å². The average Bonchev–Trinajstić information content (AvgIpc) is 3.60. The van der Waals surface area contributed by atoms with E-state index >= 15 is 0 Å². The van der Waals surface area contributed by atoms with Crippen molar-refractivity contribution in [2.24, 2.45) is 23.7 Å². The molecule has 0 unspecified atom stereocenters. The van der Waals surface area contributed by atoms with Crippen molar-refractivity contribution in [3.63, 3.8) is 0 Å². The molecule has 0 aliphatic carbocycles. The molecule has 2 aliphatic rings. The van der Waals surface area contributed by atoms with Crippen LogP contribution in [0.1, 0.15) is 35.1 Å². The van der Waals surface area contributed by atoms with Crippen molar-refractivity contribution in [3.05, 3.63) is 70.8 Å². The molecule has 0 radical (unpaired) electrons. The van der Waals surface area contributed by atoms with Crippen molar-refractivity contribution in [3.8, 4) is 0 Å². The van der Waals surface area contributed by atoms with Crippen LogP contribution in [0, 0.1) is 23.7 Å². The number of nitrogens with one attached hydrogen (secondary N) is 3. The standard InChI is InChI=1S/C29H37N3O5/c33-27(15-21-5-1-3-19(11-21)13-25(28(34)35)23-7-9-30-17-23)32-16-22-6-2-4-20(12-22)14-26(29(36)37)24-8-10-31-18-24/h1-6,11-12,23-26,30-31H,7-10,13-18H2,(H,32,33)(H,34,35)(H,36,37)/t23-,24+,25-,26+/m1/s1. The van der Waals surface area contributed by atoms with Crippen molar-refractivity contribution in [2.75, 3.05) is 26.2 Å². The summed E-state index contributed by atoms with van der Waals surface area (Å²) in [5, 5.41) is 28.9. The highest BCUT2D eigenvalue weighted by Gasteiger charge is 2.31. The van der Waals surface area contributed by atoms with Gasteiger partial charge in [-0.15, -0.1) is 0 Å². The van der Waals surface area contributed by atoms with Crippen LogP contribution in [-0.2, 0) is 40.2 Å². The lowest BCUT2D eigenvalue weighted by Crippen LogP contribution is -2.28. The first-order chi connectivity index (χ1) is 17.9. The molecule has 4 atom stereocenters. The first-order valence-electron chi connectivity index (χ1n) is 13.2. The Hall–Kier alpha value is -3.23. The summed E-state index contributed by atoms with van der Waals surface area (Å²) in [4.78, 5) is 36.3. The number of carboxylic acids is 2. The Morgan fingerprint density at radius 2 is 1.27 bits per heavy atom. The minimum Gasteiger partial charge on any atom is -0.481 e. The third-order valence-electron chi connectivity index (χ3n) is 7.72. The number of rotatable bonds is 12. The van der Waals surface area contributed by atoms with Gasteiger partial charge in [-0.2, -0.15) is 0 Å². The Balaban J connectivity index is 1.31. The van der Waals surface area contributed by atoms with Crippen molar-refractivity contribution >= 4 is 17.8 Å². The van der Waals surface area contributed by atoms with E-state index in [1.807, 2.05) is 48.5 Å². The van der Waals surface area contributed by atoms with E-state index in [0.717, 1.165) is 61.3 Å². The van der Waals surface area contributed by atoms with Gasteiger partial charge < -0.3 is 26.2 Å². The molecule has 37 heavy (non-hydrogen) atoms. The summed E-state index contributed by atoms with van der Waals surface area (Å²) in [5.74, 6) is -2.23. The molecule has 8 heteroatoms. The largest absolute Gasteiger partial charge is 0.481 e. The second kappa shape index (κ2) is 12.8. The van der Waals surface area contributed by atoms with Crippen molar-refractivity contribution in [1.29, 1.82) is 0 Å². The van der Waals surface area contributed by atoms with Gasteiger partial charge in [0.1, 0.15) is 0 Å². The molecule has 2 aromatic rings. The van der Waals surface area contributed by atoms with E-state index in [0.29, 0.717) is 19.4 Å². The molecule has 4 rings (SSSR count). The first kappa shape index (κ1) is 26.8. The van der Waals surface area contributed by atoms with Crippen LogP contribution in [0.3, 0.4) is 0 Å². The lowest BCUT2D eigenvalue weighted by atomic mass is 9.86. The van der Waals surface area contributed by atoms with Gasteiger partial charge in [0.05, 0.1) is 18.3 Å². The number of carbonyl (C=O) groups is 3. The van der Waals surface area contributed by atoms with E-state index in [-0.39, 0.29) is 24.2 Å². The molecule has 2 fully saturated rings. The summed E-state index contributed by atoms with van der Waals surface area (Å²) in [5.41, 5.74) is 3.68. The molecule has 0 aromatic heterocycles. The van der Waals surface area contributed by atoms with Gasteiger partial charge >= 0.3 is 11.9 Å². The Morgan fingerprint density at radius 1 is 0.784 bits per heavy atom. The van der Waals surface area contributed by atoms with Crippen LogP contribution < -0.4 is 16.0 Å². The molecule has 2 saturated heterocycles. The number of amides is 1. The van der Waals surface area contributed by atoms with Gasteiger partial charge in [-0.1, -0.05) is 48.5 Å². The van der Waals surface area contributed by atoms with Gasteiger partial charge in [0.15, 0.2) is 0 Å². The van der Waals surface area contributed by atoms with Crippen LogP contribution in [0.4, 0.5) is 0 Å². The van der Waals surface area contributed by atoms with E-state index in [2.05, 4.69) is 16.0 Å². The smallest absolute Gasteiger partial charge is 0.307 e. The summed E-state index contributed by atoms with van der Waals surface area (Å²) >= 11 is 0. The molecule has 0 spiro atoms. The minimum absolute atomic E-state index is 0.113. The second-order valence-electron chi connectivity index (χ2n) is 10.4. The quantitative estimate of drug-likeness (QED) is 0.298. The summed E-state index contributed by atoms with van der Waals surface area (Å²) < 4.78 is 0. The zero-order valence-corrected chi connectivity index (χ0v) is 21.1. The zero-order valence-electron chi connectivity index (χ0n) is 21.1. The number of hydrogen-bond acceptors (Lipinski definition) is 5. The van der Waals surface area contributed by atoms with Gasteiger partial charge in [0.2, 0.25) is 5.91 Å². The van der Waals surface area contributed by atoms with Crippen LogP contribution in [0.2, 0.25) is 0 Å². The molecular weight excluding hydrogens is 470 g/mol. The van der Waals surface area contributed by atoms with Crippen LogP contribution in [0.5, 0.6) is 0 Å². The lowest BCUT2D eigenvalue weighted by molar-refractivity contribution is -0.144. The topological polar surface area (TPSA) is 128 Å². The predicted molar refractivity (Wildman–Crippen MR) is 140 cm³/mol. The predicted octanol–water partition coefficient (Wildman–Crippen LogP) is 2.25. The molecular formula is C29H37N3O5. The highest BCUT2D eigenvalue weighted by atomic mass is 16.4.